The van der Waals surface area contributed by atoms with Gasteiger partial charge in [-0.3, -0.25) is 0 Å². The lowest BCUT2D eigenvalue weighted by atomic mass is 9.98. The zero-order valence-electron chi connectivity index (χ0n) is 8.23. The second kappa shape index (κ2) is 2.91. The molecular formula is C10H14N3+. The Bertz CT molecular complexity index is 355. The fourth-order valence-corrected chi connectivity index (χ4v) is 1.71. The van der Waals surface area contributed by atoms with Crippen molar-refractivity contribution in [2.24, 2.45) is 11.0 Å². The van der Waals surface area contributed by atoms with Crippen LogP contribution in [0.5, 0.6) is 0 Å². The number of rotatable bonds is 1. The van der Waals surface area contributed by atoms with Gasteiger partial charge >= 0.3 is 5.82 Å². The molecule has 3 heteroatoms. The third kappa shape index (κ3) is 1.24. The average molecular weight is 176 g/mol. The van der Waals surface area contributed by atoms with Gasteiger partial charge in [-0.15, -0.1) is 9.81 Å². The van der Waals surface area contributed by atoms with E-state index in [2.05, 4.69) is 30.0 Å². The van der Waals surface area contributed by atoms with Crippen LogP contribution < -0.4 is 0 Å². The summed E-state index contributed by atoms with van der Waals surface area (Å²) >= 11 is 0. The van der Waals surface area contributed by atoms with Gasteiger partial charge in [0.05, 0.1) is 5.56 Å². The molecule has 0 aromatic carbocycles. The van der Waals surface area contributed by atoms with Crippen LogP contribution in [0.15, 0.2) is 23.4 Å². The summed E-state index contributed by atoms with van der Waals surface area (Å²) in [5, 5.41) is 4.53. The van der Waals surface area contributed by atoms with E-state index in [0.29, 0.717) is 5.92 Å². The summed E-state index contributed by atoms with van der Waals surface area (Å²) in [5.41, 5.74) is 1.25. The Morgan fingerprint density at radius 1 is 1.46 bits per heavy atom. The van der Waals surface area contributed by atoms with Crippen molar-refractivity contribution >= 4 is 5.82 Å². The molecule has 3 nitrogen and oxygen atoms in total. The number of pyridine rings is 1. The average Bonchev–Trinajstić information content (AvgIpc) is 2.45. The first-order valence-corrected chi connectivity index (χ1v) is 4.59. The number of hydrogen-bond acceptors (Lipinski definition) is 2. The van der Waals surface area contributed by atoms with E-state index in [-0.39, 0.29) is 6.04 Å². The van der Waals surface area contributed by atoms with E-state index in [0.717, 1.165) is 5.82 Å². The van der Waals surface area contributed by atoms with E-state index in [9.17, 15) is 0 Å². The quantitative estimate of drug-likeness (QED) is 0.604. The summed E-state index contributed by atoms with van der Waals surface area (Å²) in [6.07, 6.45) is 1.81. The molecule has 1 aliphatic rings. The van der Waals surface area contributed by atoms with Crippen molar-refractivity contribution < 1.29 is 4.70 Å². The largest absolute Gasteiger partial charge is 0.348 e. The standard InChI is InChI=1S/C10H14N3/c1-7(2)9-8-5-4-6-11-10(8)13(3)12-9/h4-7,9H,1-3H3/q+1. The summed E-state index contributed by atoms with van der Waals surface area (Å²) in [7, 11) is 1.95. The van der Waals surface area contributed by atoms with Crippen molar-refractivity contribution in [1.82, 2.24) is 4.98 Å². The summed E-state index contributed by atoms with van der Waals surface area (Å²) in [6, 6.07) is 4.37. The highest BCUT2D eigenvalue weighted by molar-refractivity contribution is 5.36. The van der Waals surface area contributed by atoms with Crippen LogP contribution in [0.2, 0.25) is 0 Å². The van der Waals surface area contributed by atoms with Gasteiger partial charge in [0.25, 0.3) is 0 Å². The molecule has 0 amide bonds. The first-order chi connectivity index (χ1) is 6.20. The van der Waals surface area contributed by atoms with Crippen molar-refractivity contribution in [1.29, 1.82) is 0 Å². The third-order valence-electron chi connectivity index (χ3n) is 2.37. The molecule has 0 N–H and O–H groups in total. The van der Waals surface area contributed by atoms with Crippen molar-refractivity contribution in [2.45, 2.75) is 19.9 Å². The molecule has 2 rings (SSSR count). The molecule has 0 bridgehead atoms. The monoisotopic (exact) mass is 176 g/mol. The molecule has 0 radical (unpaired) electrons. The van der Waals surface area contributed by atoms with E-state index in [1.54, 1.807) is 0 Å². The Morgan fingerprint density at radius 2 is 2.23 bits per heavy atom. The molecule has 68 valence electrons. The van der Waals surface area contributed by atoms with Gasteiger partial charge < -0.3 is 0 Å². The van der Waals surface area contributed by atoms with Gasteiger partial charge in [-0.1, -0.05) is 13.8 Å². The summed E-state index contributed by atoms with van der Waals surface area (Å²) in [6.45, 7) is 4.37. The summed E-state index contributed by atoms with van der Waals surface area (Å²) in [5.74, 6) is 1.54. The molecule has 13 heavy (non-hydrogen) atoms. The predicted octanol–water partition coefficient (Wildman–Crippen LogP) is 2.52. The fourth-order valence-electron chi connectivity index (χ4n) is 1.71. The Morgan fingerprint density at radius 3 is 2.92 bits per heavy atom. The van der Waals surface area contributed by atoms with Crippen LogP contribution in [-0.4, -0.2) is 16.7 Å². The smallest absolute Gasteiger partial charge is 0.138 e. The van der Waals surface area contributed by atoms with Gasteiger partial charge in [0.15, 0.2) is 0 Å². The first kappa shape index (κ1) is 8.35. The van der Waals surface area contributed by atoms with Gasteiger partial charge in [0, 0.05) is 0 Å². The number of azo groups is 2. The minimum atomic E-state index is 0.286. The van der Waals surface area contributed by atoms with E-state index in [4.69, 9.17) is 0 Å². The molecule has 0 saturated carbocycles. The molecule has 1 atom stereocenters. The van der Waals surface area contributed by atoms with Gasteiger partial charge in [-0.05, 0) is 23.0 Å². The Kier molecular flexibility index (Phi) is 1.87. The fraction of sp³-hybridized carbons (Fsp3) is 0.500. The Labute approximate surface area is 78.1 Å². The lowest BCUT2D eigenvalue weighted by Gasteiger charge is -2.07. The lowest BCUT2D eigenvalue weighted by Crippen LogP contribution is -2.00. The summed E-state index contributed by atoms with van der Waals surface area (Å²) < 4.78 is 1.88. The van der Waals surface area contributed by atoms with Crippen LogP contribution >= 0.6 is 0 Å². The maximum absolute atomic E-state index is 4.53. The second-order valence-electron chi connectivity index (χ2n) is 3.74. The molecule has 2 heterocycles. The third-order valence-corrected chi connectivity index (χ3v) is 2.37. The van der Waals surface area contributed by atoms with E-state index < -0.39 is 0 Å². The maximum atomic E-state index is 4.53. The number of aromatic nitrogens is 1. The van der Waals surface area contributed by atoms with E-state index >= 15 is 0 Å². The highest BCUT2D eigenvalue weighted by Crippen LogP contribution is 2.36. The molecule has 1 unspecified atom stereocenters. The van der Waals surface area contributed by atoms with Crippen molar-refractivity contribution in [3.8, 4) is 0 Å². The SMILES string of the molecule is CC(C)C1N=[N+](C)c2ncccc21. The topological polar surface area (TPSA) is 28.3 Å². The zero-order chi connectivity index (χ0) is 9.42. The van der Waals surface area contributed by atoms with Crippen LogP contribution in [0, 0.1) is 5.92 Å². The normalized spacial score (nSPS) is 20.3. The van der Waals surface area contributed by atoms with E-state index in [1.807, 2.05) is 24.0 Å². The Balaban J connectivity index is 2.50. The van der Waals surface area contributed by atoms with Gasteiger partial charge in [0.1, 0.15) is 19.3 Å². The summed E-state index contributed by atoms with van der Waals surface area (Å²) in [4.78, 5) is 4.31. The molecule has 1 aliphatic heterocycles. The minimum absolute atomic E-state index is 0.286. The number of nitrogens with zero attached hydrogens (tertiary/aromatic N) is 3. The van der Waals surface area contributed by atoms with Crippen molar-refractivity contribution in [3.63, 3.8) is 0 Å². The molecule has 1 aromatic heterocycles. The van der Waals surface area contributed by atoms with Gasteiger partial charge in [-0.2, -0.15) is 0 Å². The molecular weight excluding hydrogens is 162 g/mol. The predicted molar refractivity (Wildman–Crippen MR) is 50.1 cm³/mol. The molecule has 0 fully saturated rings. The maximum Gasteiger partial charge on any atom is 0.348 e. The van der Waals surface area contributed by atoms with Crippen molar-refractivity contribution in [3.05, 3.63) is 23.9 Å². The van der Waals surface area contributed by atoms with Gasteiger partial charge in [0.2, 0.25) is 0 Å². The van der Waals surface area contributed by atoms with Gasteiger partial charge in [-0.25, -0.2) is 0 Å². The van der Waals surface area contributed by atoms with E-state index in [1.165, 1.54) is 5.56 Å². The lowest BCUT2D eigenvalue weighted by molar-refractivity contribution is -0.482. The molecule has 1 aromatic rings. The molecule has 0 saturated heterocycles. The molecule has 0 aliphatic carbocycles. The Hall–Kier alpha value is -1.25. The highest BCUT2D eigenvalue weighted by Gasteiger charge is 2.32. The minimum Gasteiger partial charge on any atom is -0.138 e. The zero-order valence-corrected chi connectivity index (χ0v) is 8.23. The van der Waals surface area contributed by atoms with Crippen LogP contribution in [0.3, 0.4) is 0 Å². The van der Waals surface area contributed by atoms with Crippen LogP contribution in [-0.2, 0) is 0 Å². The highest BCUT2D eigenvalue weighted by atomic mass is 15.3. The second-order valence-corrected chi connectivity index (χ2v) is 3.74. The van der Waals surface area contributed by atoms with Crippen LogP contribution in [0.4, 0.5) is 5.82 Å². The molecule has 0 spiro atoms. The van der Waals surface area contributed by atoms with Crippen LogP contribution in [0.1, 0.15) is 25.5 Å². The first-order valence-electron chi connectivity index (χ1n) is 4.59. The van der Waals surface area contributed by atoms with Crippen molar-refractivity contribution in [2.75, 3.05) is 7.05 Å². The van der Waals surface area contributed by atoms with Crippen LogP contribution in [0.25, 0.3) is 0 Å². The number of hydrogen-bond donors (Lipinski definition) is 0. The number of fused-ring (bicyclic) bond motifs is 1.